The van der Waals surface area contributed by atoms with Crippen LogP contribution in [0.5, 0.6) is 0 Å². The van der Waals surface area contributed by atoms with Crippen molar-refractivity contribution < 1.29 is 24.5 Å². The first kappa shape index (κ1) is 65.6. The van der Waals surface area contributed by atoms with Crippen LogP contribution in [0.2, 0.25) is 0 Å². The van der Waals surface area contributed by atoms with Gasteiger partial charge in [0.2, 0.25) is 5.91 Å². The van der Waals surface area contributed by atoms with Crippen LogP contribution in [-0.2, 0) is 14.3 Å². The lowest BCUT2D eigenvalue weighted by atomic mass is 10.0. The first-order valence-electron chi connectivity index (χ1n) is 30.4. The van der Waals surface area contributed by atoms with Gasteiger partial charge >= 0.3 is 5.97 Å². The Labute approximate surface area is 419 Å². The fourth-order valence-electron chi connectivity index (χ4n) is 9.64. The van der Waals surface area contributed by atoms with Crippen molar-refractivity contribution in [1.82, 2.24) is 5.32 Å². The predicted molar refractivity (Wildman–Crippen MR) is 292 cm³/mol. The predicted octanol–water partition coefficient (Wildman–Crippen LogP) is 18.9. The number of ether oxygens (including phenoxy) is 1. The summed E-state index contributed by atoms with van der Waals surface area (Å²) < 4.78 is 5.49. The second kappa shape index (κ2) is 57.2. The summed E-state index contributed by atoms with van der Waals surface area (Å²) in [5.74, 6) is -0.0358. The van der Waals surface area contributed by atoms with Crippen LogP contribution in [0.25, 0.3) is 0 Å². The molecule has 0 aromatic heterocycles. The minimum Gasteiger partial charge on any atom is -0.466 e. The molecule has 0 bridgehead atoms. The molecular formula is C61H119NO5. The van der Waals surface area contributed by atoms with Gasteiger partial charge in [-0.3, -0.25) is 9.59 Å². The van der Waals surface area contributed by atoms with Gasteiger partial charge in [-0.2, -0.15) is 0 Å². The molecule has 2 atom stereocenters. The van der Waals surface area contributed by atoms with E-state index in [0.29, 0.717) is 25.9 Å². The second-order valence-corrected chi connectivity index (χ2v) is 21.0. The van der Waals surface area contributed by atoms with Crippen LogP contribution in [0.1, 0.15) is 341 Å². The minimum atomic E-state index is -0.668. The van der Waals surface area contributed by atoms with E-state index >= 15 is 0 Å². The van der Waals surface area contributed by atoms with Crippen molar-refractivity contribution in [3.05, 3.63) is 12.2 Å². The standard InChI is InChI=1S/C61H119NO5/c1-3-5-7-9-11-13-15-17-19-20-21-22-27-31-35-39-43-47-51-55-61(66)67-56-52-48-44-40-36-32-28-24-23-26-30-34-38-42-46-50-54-60(65)62-58(57-63)59(64)53-49-45-41-37-33-29-25-18-16-14-12-10-8-6-4-2/h17,19,58-59,63-64H,3-16,18,20-57H2,1-2H3,(H,62,65)/b19-17-. The molecule has 0 aliphatic rings. The highest BCUT2D eigenvalue weighted by Gasteiger charge is 2.20. The van der Waals surface area contributed by atoms with Crippen LogP contribution < -0.4 is 5.32 Å². The first-order valence-corrected chi connectivity index (χ1v) is 30.4. The van der Waals surface area contributed by atoms with Crippen molar-refractivity contribution in [2.24, 2.45) is 0 Å². The Morgan fingerprint density at radius 1 is 0.403 bits per heavy atom. The molecule has 0 saturated carbocycles. The highest BCUT2D eigenvalue weighted by atomic mass is 16.5. The molecule has 6 nitrogen and oxygen atoms in total. The fraction of sp³-hybridized carbons (Fsp3) is 0.934. The van der Waals surface area contributed by atoms with Gasteiger partial charge in [-0.25, -0.2) is 0 Å². The summed E-state index contributed by atoms with van der Waals surface area (Å²) in [5.41, 5.74) is 0. The maximum absolute atomic E-state index is 12.5. The zero-order valence-electron chi connectivity index (χ0n) is 45.4. The Hall–Kier alpha value is -1.40. The third kappa shape index (κ3) is 53.8. The van der Waals surface area contributed by atoms with Crippen molar-refractivity contribution in [1.29, 1.82) is 0 Å². The Bertz CT molecular complexity index is 1000. The quantitative estimate of drug-likeness (QED) is 0.0321. The van der Waals surface area contributed by atoms with E-state index < -0.39 is 12.1 Å². The maximum Gasteiger partial charge on any atom is 0.305 e. The van der Waals surface area contributed by atoms with Crippen molar-refractivity contribution in [3.63, 3.8) is 0 Å². The maximum atomic E-state index is 12.5. The van der Waals surface area contributed by atoms with E-state index in [1.807, 2.05) is 0 Å². The number of nitrogens with one attached hydrogen (secondary N) is 1. The first-order chi connectivity index (χ1) is 33.0. The number of esters is 1. The largest absolute Gasteiger partial charge is 0.466 e. The highest BCUT2D eigenvalue weighted by Crippen LogP contribution is 2.18. The second-order valence-electron chi connectivity index (χ2n) is 21.0. The number of hydrogen-bond acceptors (Lipinski definition) is 5. The lowest BCUT2D eigenvalue weighted by molar-refractivity contribution is -0.143. The van der Waals surface area contributed by atoms with Gasteiger partial charge in [0.1, 0.15) is 0 Å². The summed E-state index contributed by atoms with van der Waals surface area (Å²) in [5, 5.41) is 23.3. The highest BCUT2D eigenvalue weighted by molar-refractivity contribution is 5.76. The minimum absolute atomic E-state index is 0.00361. The molecular weight excluding hydrogens is 827 g/mol. The molecule has 0 aromatic carbocycles. The molecule has 0 saturated heterocycles. The molecule has 67 heavy (non-hydrogen) atoms. The third-order valence-corrected chi connectivity index (χ3v) is 14.3. The zero-order chi connectivity index (χ0) is 48.6. The molecule has 0 rings (SSSR count). The molecule has 0 radical (unpaired) electrons. The molecule has 0 aromatic rings. The molecule has 2 unspecified atom stereocenters. The number of carbonyl (C=O) groups excluding carboxylic acids is 2. The Balaban J connectivity index is 3.39. The van der Waals surface area contributed by atoms with Crippen LogP contribution in [0.3, 0.4) is 0 Å². The molecule has 0 heterocycles. The van der Waals surface area contributed by atoms with E-state index in [-0.39, 0.29) is 18.5 Å². The van der Waals surface area contributed by atoms with Gasteiger partial charge in [0.25, 0.3) is 0 Å². The summed E-state index contributed by atoms with van der Waals surface area (Å²) >= 11 is 0. The molecule has 0 fully saturated rings. The van der Waals surface area contributed by atoms with E-state index in [1.54, 1.807) is 0 Å². The van der Waals surface area contributed by atoms with Crippen LogP contribution in [0, 0.1) is 0 Å². The number of aliphatic hydroxyl groups excluding tert-OH is 2. The SMILES string of the molecule is CCCCCCCC/C=C\CCCCCCCCCCCC(=O)OCCCCCCCCCCCCCCCCCCC(=O)NC(CO)C(O)CCCCCCCCCCCCCCCCC. The van der Waals surface area contributed by atoms with Crippen molar-refractivity contribution >= 4 is 11.9 Å². The zero-order valence-corrected chi connectivity index (χ0v) is 45.4. The molecule has 3 N–H and O–H groups in total. The molecule has 0 aliphatic heterocycles. The van der Waals surface area contributed by atoms with Crippen molar-refractivity contribution in [3.8, 4) is 0 Å². The van der Waals surface area contributed by atoms with E-state index in [1.165, 1.54) is 263 Å². The van der Waals surface area contributed by atoms with Gasteiger partial charge in [-0.05, 0) is 51.4 Å². The summed E-state index contributed by atoms with van der Waals surface area (Å²) in [6.45, 7) is 4.96. The number of unbranched alkanes of at least 4 members (excludes halogenated alkanes) is 44. The monoisotopic (exact) mass is 946 g/mol. The van der Waals surface area contributed by atoms with E-state index in [9.17, 15) is 19.8 Å². The molecule has 0 aliphatic carbocycles. The number of aliphatic hydroxyl groups is 2. The lowest BCUT2D eigenvalue weighted by Crippen LogP contribution is -2.45. The molecule has 1 amide bonds. The number of hydrogen-bond donors (Lipinski definition) is 3. The summed E-state index contributed by atoms with van der Waals surface area (Å²) in [6.07, 6.45) is 67.8. The van der Waals surface area contributed by atoms with Crippen molar-refractivity contribution in [2.75, 3.05) is 13.2 Å². The topological polar surface area (TPSA) is 95.9 Å². The lowest BCUT2D eigenvalue weighted by Gasteiger charge is -2.22. The average molecular weight is 947 g/mol. The van der Waals surface area contributed by atoms with Crippen LogP contribution in [0.15, 0.2) is 12.2 Å². The number of rotatable bonds is 57. The number of allylic oxidation sites excluding steroid dienone is 2. The van der Waals surface area contributed by atoms with Gasteiger partial charge in [0.05, 0.1) is 25.4 Å². The van der Waals surface area contributed by atoms with Gasteiger partial charge in [-0.15, -0.1) is 0 Å². The van der Waals surface area contributed by atoms with Gasteiger partial charge in [0.15, 0.2) is 0 Å². The van der Waals surface area contributed by atoms with Crippen molar-refractivity contribution in [2.45, 2.75) is 353 Å². The smallest absolute Gasteiger partial charge is 0.305 e. The molecule has 6 heteroatoms. The summed E-state index contributed by atoms with van der Waals surface area (Å²) in [6, 6.07) is -0.546. The Kier molecular flexibility index (Phi) is 56.0. The van der Waals surface area contributed by atoms with E-state index in [0.717, 1.165) is 44.9 Å². The fourth-order valence-corrected chi connectivity index (χ4v) is 9.64. The number of carbonyl (C=O) groups is 2. The number of amides is 1. The van der Waals surface area contributed by atoms with Gasteiger partial charge in [0, 0.05) is 12.8 Å². The van der Waals surface area contributed by atoms with Gasteiger partial charge < -0.3 is 20.3 Å². The summed E-state index contributed by atoms with van der Waals surface area (Å²) in [4.78, 5) is 24.6. The Morgan fingerprint density at radius 3 is 1.06 bits per heavy atom. The third-order valence-electron chi connectivity index (χ3n) is 14.3. The average Bonchev–Trinajstić information content (AvgIpc) is 3.33. The molecule has 0 spiro atoms. The van der Waals surface area contributed by atoms with Crippen LogP contribution >= 0.6 is 0 Å². The normalized spacial score (nSPS) is 12.6. The molecule has 398 valence electrons. The van der Waals surface area contributed by atoms with E-state index in [2.05, 4.69) is 31.3 Å². The van der Waals surface area contributed by atoms with Crippen LogP contribution in [-0.4, -0.2) is 47.4 Å². The van der Waals surface area contributed by atoms with Gasteiger partial charge in [-0.1, -0.05) is 289 Å². The van der Waals surface area contributed by atoms with E-state index in [4.69, 9.17) is 4.74 Å². The van der Waals surface area contributed by atoms with Crippen LogP contribution in [0.4, 0.5) is 0 Å². The summed E-state index contributed by atoms with van der Waals surface area (Å²) in [7, 11) is 0. The Morgan fingerprint density at radius 2 is 0.701 bits per heavy atom.